The van der Waals surface area contributed by atoms with Crippen molar-refractivity contribution < 1.29 is 0 Å². The van der Waals surface area contributed by atoms with Crippen LogP contribution in [0.15, 0.2) is 24.3 Å². The fourth-order valence-electron chi connectivity index (χ4n) is 1.78. The van der Waals surface area contributed by atoms with Gasteiger partial charge in [-0.3, -0.25) is 0 Å². The largest absolute Gasteiger partial charge is 0.0871 e. The third-order valence-electron chi connectivity index (χ3n) is 2.75. The predicted octanol–water partition coefficient (Wildman–Crippen LogP) is 4.97. The summed E-state index contributed by atoms with van der Waals surface area (Å²) in [6.07, 6.45) is 4.30. The van der Waals surface area contributed by atoms with Crippen molar-refractivity contribution in [1.82, 2.24) is 0 Å². The fraction of sp³-hybridized carbons (Fsp3) is 0.467. The summed E-state index contributed by atoms with van der Waals surface area (Å²) in [7, 11) is 0. The van der Waals surface area contributed by atoms with Crippen molar-refractivity contribution in [3.63, 3.8) is 0 Å². The quantitative estimate of drug-likeness (QED) is 0.649. The minimum Gasteiger partial charge on any atom is -0.0871 e. The van der Waals surface area contributed by atoms with E-state index in [-0.39, 0.29) is 0 Å². The Balaban J connectivity index is 3.20. The van der Waals surface area contributed by atoms with E-state index in [2.05, 4.69) is 65.0 Å². The molecule has 0 N–H and O–H groups in total. The van der Waals surface area contributed by atoms with E-state index in [4.69, 9.17) is 0 Å². The molecule has 0 atom stereocenters. The molecule has 0 bridgehead atoms. The second-order valence-corrected chi connectivity index (χ2v) is 4.70. The molecule has 0 spiro atoms. The Morgan fingerprint density at radius 1 is 1.00 bits per heavy atom. The lowest BCUT2D eigenvalue weighted by molar-refractivity contribution is 0.832. The maximum atomic E-state index is 2.35. The van der Waals surface area contributed by atoms with Gasteiger partial charge in [-0.15, -0.1) is 0 Å². The molecule has 1 rings (SSSR count). The first-order valence-corrected chi connectivity index (χ1v) is 5.82. The van der Waals surface area contributed by atoms with E-state index in [9.17, 15) is 0 Å². The van der Waals surface area contributed by atoms with E-state index in [1.807, 2.05) is 0 Å². The molecule has 0 heteroatoms. The molecule has 1 aromatic rings. The Bertz CT molecular complexity index is 343. The molecular formula is C15H22. The molecule has 15 heavy (non-hydrogen) atoms. The third-order valence-corrected chi connectivity index (χ3v) is 2.75. The van der Waals surface area contributed by atoms with E-state index in [1.54, 1.807) is 0 Å². The molecule has 1 aromatic carbocycles. The van der Waals surface area contributed by atoms with Gasteiger partial charge in [0.05, 0.1) is 0 Å². The normalized spacial score (nSPS) is 11.9. The first-order chi connectivity index (χ1) is 7.06. The summed E-state index contributed by atoms with van der Waals surface area (Å²) in [6, 6.07) is 6.83. The molecule has 0 nitrogen and oxygen atoms in total. The van der Waals surface area contributed by atoms with Gasteiger partial charge in [-0.25, -0.2) is 0 Å². The van der Waals surface area contributed by atoms with Gasteiger partial charge in [0.25, 0.3) is 0 Å². The number of hydrogen-bond acceptors (Lipinski definition) is 0. The molecule has 82 valence electrons. The van der Waals surface area contributed by atoms with Crippen LogP contribution in [-0.4, -0.2) is 0 Å². The van der Waals surface area contributed by atoms with Gasteiger partial charge in [0.15, 0.2) is 0 Å². The number of allylic oxidation sites excluding steroid dienone is 1. The van der Waals surface area contributed by atoms with Crippen LogP contribution >= 0.6 is 0 Å². The van der Waals surface area contributed by atoms with E-state index in [0.717, 1.165) is 0 Å². The fourth-order valence-corrected chi connectivity index (χ4v) is 1.78. The number of rotatable bonds is 3. The Labute approximate surface area is 94.0 Å². The minimum absolute atomic E-state index is 0.592. The average molecular weight is 202 g/mol. The van der Waals surface area contributed by atoms with Crippen LogP contribution in [0.4, 0.5) is 0 Å². The second-order valence-electron chi connectivity index (χ2n) is 4.70. The molecular weight excluding hydrogens is 180 g/mol. The highest BCUT2D eigenvalue weighted by Crippen LogP contribution is 2.25. The van der Waals surface area contributed by atoms with Crippen molar-refractivity contribution in [2.45, 2.75) is 46.5 Å². The van der Waals surface area contributed by atoms with E-state index < -0.39 is 0 Å². The zero-order valence-corrected chi connectivity index (χ0v) is 10.5. The lowest BCUT2D eigenvalue weighted by Crippen LogP contribution is -1.96. The van der Waals surface area contributed by atoms with Crippen molar-refractivity contribution >= 4 is 6.08 Å². The lowest BCUT2D eigenvalue weighted by Gasteiger charge is -2.14. The zero-order valence-electron chi connectivity index (χ0n) is 10.5. The molecule has 0 saturated heterocycles. The van der Waals surface area contributed by atoms with Gasteiger partial charge in [0, 0.05) is 0 Å². The number of benzene rings is 1. The van der Waals surface area contributed by atoms with Gasteiger partial charge in [0.1, 0.15) is 0 Å². The summed E-state index contributed by atoms with van der Waals surface area (Å²) in [5.41, 5.74) is 4.25. The van der Waals surface area contributed by atoms with Crippen molar-refractivity contribution in [2.75, 3.05) is 0 Å². The summed E-state index contributed by atoms with van der Waals surface area (Å²) in [5, 5.41) is 0. The standard InChI is InChI=1S/C15H22/c1-6-7-13-8-9-14(11(2)3)10-15(13)12(4)5/h6-12H,1-5H3. The Hall–Kier alpha value is -1.04. The average Bonchev–Trinajstić information content (AvgIpc) is 2.18. The molecule has 0 aliphatic carbocycles. The van der Waals surface area contributed by atoms with E-state index in [0.29, 0.717) is 11.8 Å². The Morgan fingerprint density at radius 3 is 2.13 bits per heavy atom. The van der Waals surface area contributed by atoms with Crippen molar-refractivity contribution in [1.29, 1.82) is 0 Å². The van der Waals surface area contributed by atoms with E-state index in [1.165, 1.54) is 16.7 Å². The van der Waals surface area contributed by atoms with Crippen LogP contribution < -0.4 is 0 Å². The Kier molecular flexibility index (Phi) is 4.14. The highest BCUT2D eigenvalue weighted by atomic mass is 14.1. The van der Waals surface area contributed by atoms with Gasteiger partial charge >= 0.3 is 0 Å². The Morgan fingerprint density at radius 2 is 1.67 bits per heavy atom. The first-order valence-electron chi connectivity index (χ1n) is 5.82. The summed E-state index contributed by atoms with van der Waals surface area (Å²) in [4.78, 5) is 0. The van der Waals surface area contributed by atoms with Gasteiger partial charge < -0.3 is 0 Å². The monoisotopic (exact) mass is 202 g/mol. The summed E-state index contributed by atoms with van der Waals surface area (Å²) < 4.78 is 0. The molecule has 0 amide bonds. The molecule has 0 aromatic heterocycles. The predicted molar refractivity (Wildman–Crippen MR) is 69.3 cm³/mol. The molecule has 0 radical (unpaired) electrons. The lowest BCUT2D eigenvalue weighted by atomic mass is 9.91. The van der Waals surface area contributed by atoms with Crippen LogP contribution in [0, 0.1) is 0 Å². The maximum absolute atomic E-state index is 2.35. The van der Waals surface area contributed by atoms with Crippen molar-refractivity contribution in [3.8, 4) is 0 Å². The van der Waals surface area contributed by atoms with Gasteiger partial charge in [-0.2, -0.15) is 0 Å². The minimum atomic E-state index is 0.592. The smallest absolute Gasteiger partial charge is 0.0213 e. The summed E-state index contributed by atoms with van der Waals surface area (Å²) in [5.74, 6) is 1.21. The molecule has 0 fully saturated rings. The summed E-state index contributed by atoms with van der Waals surface area (Å²) in [6.45, 7) is 11.1. The van der Waals surface area contributed by atoms with Gasteiger partial charge in [0.2, 0.25) is 0 Å². The highest BCUT2D eigenvalue weighted by Gasteiger charge is 2.07. The SMILES string of the molecule is CC=Cc1ccc(C(C)C)cc1C(C)C. The van der Waals surface area contributed by atoms with Crippen LogP contribution in [-0.2, 0) is 0 Å². The molecule has 0 unspecified atom stereocenters. The molecule has 0 aliphatic rings. The second kappa shape index (κ2) is 5.16. The first kappa shape index (κ1) is 12.0. The van der Waals surface area contributed by atoms with Crippen LogP contribution in [0.1, 0.15) is 63.1 Å². The van der Waals surface area contributed by atoms with Crippen LogP contribution in [0.3, 0.4) is 0 Å². The van der Waals surface area contributed by atoms with Crippen LogP contribution in [0.25, 0.3) is 6.08 Å². The molecule has 0 aliphatic heterocycles. The molecule has 0 heterocycles. The zero-order chi connectivity index (χ0) is 11.4. The van der Waals surface area contributed by atoms with Gasteiger partial charge in [-0.05, 0) is 35.4 Å². The number of hydrogen-bond donors (Lipinski definition) is 0. The van der Waals surface area contributed by atoms with Crippen molar-refractivity contribution in [2.24, 2.45) is 0 Å². The summed E-state index contributed by atoms with van der Waals surface area (Å²) >= 11 is 0. The van der Waals surface area contributed by atoms with Crippen LogP contribution in [0.2, 0.25) is 0 Å². The topological polar surface area (TPSA) is 0 Å². The maximum Gasteiger partial charge on any atom is -0.0213 e. The van der Waals surface area contributed by atoms with E-state index >= 15 is 0 Å². The highest BCUT2D eigenvalue weighted by molar-refractivity contribution is 5.55. The van der Waals surface area contributed by atoms with Gasteiger partial charge in [-0.1, -0.05) is 58.0 Å². The molecule has 0 saturated carbocycles. The van der Waals surface area contributed by atoms with Crippen molar-refractivity contribution in [3.05, 3.63) is 41.0 Å². The van der Waals surface area contributed by atoms with Crippen LogP contribution in [0.5, 0.6) is 0 Å². The third kappa shape index (κ3) is 2.95.